The Morgan fingerprint density at radius 1 is 1.37 bits per heavy atom. The number of anilines is 1. The van der Waals surface area contributed by atoms with E-state index in [4.69, 9.17) is 10.9 Å². The number of carbonyl (C=O) groups excluding carboxylic acids is 1. The molecule has 0 heterocycles. The van der Waals surface area contributed by atoms with Crippen molar-refractivity contribution in [3.63, 3.8) is 0 Å². The normalized spacial score (nSPS) is 12.4. The van der Waals surface area contributed by atoms with Crippen LogP contribution >= 0.6 is 15.9 Å². The predicted octanol–water partition coefficient (Wildman–Crippen LogP) is 2.78. The van der Waals surface area contributed by atoms with Crippen LogP contribution in [-0.4, -0.2) is 17.0 Å². The second-order valence-corrected chi connectivity index (χ2v) is 5.89. The molecule has 1 aromatic carbocycles. The summed E-state index contributed by atoms with van der Waals surface area (Å²) in [6, 6.07) is 3.83. The average molecular weight is 328 g/mol. The number of halogens is 1. The van der Waals surface area contributed by atoms with E-state index < -0.39 is 5.41 Å². The fourth-order valence-electron chi connectivity index (χ4n) is 1.62. The molecule has 0 spiro atoms. The maximum Gasteiger partial charge on any atom is 0.237 e. The SMILES string of the molecule is Cc1cc(Br)cc(C)c1NC(=O)C(C)(C)C(N)=NO. The Labute approximate surface area is 121 Å². The van der Waals surface area contributed by atoms with Crippen molar-refractivity contribution in [2.75, 3.05) is 5.32 Å². The van der Waals surface area contributed by atoms with E-state index in [1.807, 2.05) is 26.0 Å². The summed E-state index contributed by atoms with van der Waals surface area (Å²) in [5.41, 5.74) is 7.08. The minimum Gasteiger partial charge on any atom is -0.409 e. The molecular formula is C13H18BrN3O2. The van der Waals surface area contributed by atoms with Gasteiger partial charge in [-0.05, 0) is 51.0 Å². The molecule has 0 bridgehead atoms. The molecular weight excluding hydrogens is 310 g/mol. The van der Waals surface area contributed by atoms with E-state index in [0.717, 1.165) is 21.3 Å². The lowest BCUT2D eigenvalue weighted by Crippen LogP contribution is -2.42. The first-order valence-electron chi connectivity index (χ1n) is 5.76. The van der Waals surface area contributed by atoms with E-state index in [-0.39, 0.29) is 11.7 Å². The van der Waals surface area contributed by atoms with Crippen molar-refractivity contribution in [1.29, 1.82) is 0 Å². The molecule has 0 aliphatic rings. The number of nitrogens with two attached hydrogens (primary N) is 1. The molecule has 0 aromatic heterocycles. The van der Waals surface area contributed by atoms with Crippen molar-refractivity contribution < 1.29 is 10.0 Å². The molecule has 5 nitrogen and oxygen atoms in total. The maximum atomic E-state index is 12.2. The van der Waals surface area contributed by atoms with Gasteiger partial charge in [-0.2, -0.15) is 0 Å². The van der Waals surface area contributed by atoms with Crippen LogP contribution in [0.15, 0.2) is 21.8 Å². The molecule has 6 heteroatoms. The van der Waals surface area contributed by atoms with Crippen LogP contribution < -0.4 is 11.1 Å². The fraction of sp³-hybridized carbons (Fsp3) is 0.385. The van der Waals surface area contributed by atoms with E-state index in [1.54, 1.807) is 13.8 Å². The summed E-state index contributed by atoms with van der Waals surface area (Å²) in [5.74, 6) is -0.450. The monoisotopic (exact) mass is 327 g/mol. The van der Waals surface area contributed by atoms with E-state index in [2.05, 4.69) is 26.4 Å². The number of carbonyl (C=O) groups is 1. The van der Waals surface area contributed by atoms with E-state index in [0.29, 0.717) is 0 Å². The van der Waals surface area contributed by atoms with Crippen LogP contribution in [-0.2, 0) is 4.79 Å². The van der Waals surface area contributed by atoms with Gasteiger partial charge in [-0.25, -0.2) is 0 Å². The molecule has 1 aromatic rings. The summed E-state index contributed by atoms with van der Waals surface area (Å²) in [7, 11) is 0. The number of oxime groups is 1. The molecule has 0 aliphatic heterocycles. The first-order chi connectivity index (χ1) is 8.70. The van der Waals surface area contributed by atoms with Crippen LogP contribution in [0.5, 0.6) is 0 Å². The van der Waals surface area contributed by atoms with Gasteiger partial charge < -0.3 is 16.3 Å². The van der Waals surface area contributed by atoms with Gasteiger partial charge in [-0.3, -0.25) is 4.79 Å². The Morgan fingerprint density at radius 3 is 2.26 bits per heavy atom. The first-order valence-corrected chi connectivity index (χ1v) is 6.55. The first kappa shape index (κ1) is 15.5. The van der Waals surface area contributed by atoms with Crippen LogP contribution in [0.2, 0.25) is 0 Å². The van der Waals surface area contributed by atoms with Crippen molar-refractivity contribution >= 4 is 33.4 Å². The van der Waals surface area contributed by atoms with Crippen molar-refractivity contribution in [3.8, 4) is 0 Å². The van der Waals surface area contributed by atoms with Crippen molar-refractivity contribution in [2.45, 2.75) is 27.7 Å². The van der Waals surface area contributed by atoms with Gasteiger partial charge in [-0.1, -0.05) is 21.1 Å². The highest BCUT2D eigenvalue weighted by molar-refractivity contribution is 9.10. The smallest absolute Gasteiger partial charge is 0.237 e. The molecule has 0 unspecified atom stereocenters. The standard InChI is InChI=1S/C13H18BrN3O2/c1-7-5-9(14)6-8(2)10(7)16-12(18)13(3,4)11(15)17-19/h5-6,19H,1-4H3,(H2,15,17)(H,16,18). The van der Waals surface area contributed by atoms with E-state index >= 15 is 0 Å². The Kier molecular flexibility index (Phi) is 4.57. The van der Waals surface area contributed by atoms with Crippen LogP contribution in [0.3, 0.4) is 0 Å². The Bertz CT molecular complexity index is 516. The van der Waals surface area contributed by atoms with Crippen molar-refractivity contribution in [3.05, 3.63) is 27.7 Å². The molecule has 1 amide bonds. The summed E-state index contributed by atoms with van der Waals surface area (Å²) in [5, 5.41) is 14.4. The second kappa shape index (κ2) is 5.61. The zero-order valence-electron chi connectivity index (χ0n) is 11.4. The number of benzene rings is 1. The number of nitrogens with one attached hydrogen (secondary N) is 1. The summed E-state index contributed by atoms with van der Waals surface area (Å²) in [6.07, 6.45) is 0. The molecule has 0 aliphatic carbocycles. The Hall–Kier alpha value is -1.56. The van der Waals surface area contributed by atoms with E-state index in [1.165, 1.54) is 0 Å². The summed E-state index contributed by atoms with van der Waals surface area (Å²) in [4.78, 5) is 12.2. The Balaban J connectivity index is 3.08. The van der Waals surface area contributed by atoms with Crippen molar-refractivity contribution in [1.82, 2.24) is 0 Å². The summed E-state index contributed by atoms with van der Waals surface area (Å²) >= 11 is 3.40. The highest BCUT2D eigenvalue weighted by atomic mass is 79.9. The number of nitrogens with zero attached hydrogens (tertiary/aromatic N) is 1. The third-order valence-corrected chi connectivity index (χ3v) is 3.51. The summed E-state index contributed by atoms with van der Waals surface area (Å²) in [6.45, 7) is 7.01. The topological polar surface area (TPSA) is 87.7 Å². The second-order valence-electron chi connectivity index (χ2n) is 4.98. The van der Waals surface area contributed by atoms with Gasteiger partial charge in [0.1, 0.15) is 5.41 Å². The highest BCUT2D eigenvalue weighted by Gasteiger charge is 2.33. The van der Waals surface area contributed by atoms with Gasteiger partial charge >= 0.3 is 0 Å². The minimum atomic E-state index is -1.08. The Morgan fingerprint density at radius 2 is 1.84 bits per heavy atom. The molecule has 4 N–H and O–H groups in total. The lowest BCUT2D eigenvalue weighted by atomic mass is 9.90. The minimum absolute atomic E-state index is 0.127. The molecule has 0 saturated carbocycles. The van der Waals surface area contributed by atoms with Crippen LogP contribution in [0.25, 0.3) is 0 Å². The zero-order valence-corrected chi connectivity index (χ0v) is 13.0. The maximum absolute atomic E-state index is 12.2. The largest absolute Gasteiger partial charge is 0.409 e. The van der Waals surface area contributed by atoms with Gasteiger partial charge in [0.2, 0.25) is 5.91 Å². The van der Waals surface area contributed by atoms with Gasteiger partial charge in [0.15, 0.2) is 5.84 Å². The molecule has 1 rings (SSSR count). The highest BCUT2D eigenvalue weighted by Crippen LogP contribution is 2.27. The van der Waals surface area contributed by atoms with E-state index in [9.17, 15) is 4.79 Å². The van der Waals surface area contributed by atoms with Crippen LogP contribution in [0.1, 0.15) is 25.0 Å². The number of hydrogen-bond donors (Lipinski definition) is 3. The number of aryl methyl sites for hydroxylation is 2. The quantitative estimate of drug-likeness (QED) is 0.345. The molecule has 19 heavy (non-hydrogen) atoms. The molecule has 0 fully saturated rings. The molecule has 0 radical (unpaired) electrons. The van der Waals surface area contributed by atoms with Gasteiger partial charge in [0.05, 0.1) is 0 Å². The predicted molar refractivity (Wildman–Crippen MR) is 79.4 cm³/mol. The third kappa shape index (κ3) is 3.26. The number of amidine groups is 1. The number of hydrogen-bond acceptors (Lipinski definition) is 3. The van der Waals surface area contributed by atoms with Gasteiger partial charge in [0.25, 0.3) is 0 Å². The lowest BCUT2D eigenvalue weighted by molar-refractivity contribution is -0.121. The number of rotatable bonds is 3. The van der Waals surface area contributed by atoms with Crippen molar-refractivity contribution in [2.24, 2.45) is 16.3 Å². The zero-order chi connectivity index (χ0) is 14.8. The lowest BCUT2D eigenvalue weighted by Gasteiger charge is -2.23. The van der Waals surface area contributed by atoms with Gasteiger partial charge in [0, 0.05) is 10.2 Å². The van der Waals surface area contributed by atoms with Crippen LogP contribution in [0, 0.1) is 19.3 Å². The molecule has 0 saturated heterocycles. The number of amides is 1. The third-order valence-electron chi connectivity index (χ3n) is 3.05. The molecule has 0 atom stereocenters. The van der Waals surface area contributed by atoms with Crippen LogP contribution in [0.4, 0.5) is 5.69 Å². The average Bonchev–Trinajstić information content (AvgIpc) is 2.31. The van der Waals surface area contributed by atoms with Gasteiger partial charge in [-0.15, -0.1) is 0 Å². The fourth-order valence-corrected chi connectivity index (χ4v) is 2.31. The molecule has 104 valence electrons. The summed E-state index contributed by atoms with van der Waals surface area (Å²) < 4.78 is 0.955.